The van der Waals surface area contributed by atoms with Gasteiger partial charge in [-0.05, 0) is 25.1 Å². The average Bonchev–Trinajstić information content (AvgIpc) is 2.61. The van der Waals surface area contributed by atoms with Crippen LogP contribution in [0.5, 0.6) is 0 Å². The van der Waals surface area contributed by atoms with Crippen molar-refractivity contribution in [3.8, 4) is 0 Å². The first-order valence-corrected chi connectivity index (χ1v) is 7.88. The van der Waals surface area contributed by atoms with Gasteiger partial charge in [0.2, 0.25) is 0 Å². The van der Waals surface area contributed by atoms with Gasteiger partial charge in [-0.25, -0.2) is 0 Å². The molecule has 0 radical (unpaired) electrons. The largest absolute Gasteiger partial charge is 0.378 e. The van der Waals surface area contributed by atoms with Gasteiger partial charge in [-0.1, -0.05) is 0 Å². The molecule has 3 heterocycles. The molecule has 0 saturated carbocycles. The Hall–Kier alpha value is -2.54. The second-order valence-electron chi connectivity index (χ2n) is 6.03. The molecule has 0 aromatic carbocycles. The van der Waals surface area contributed by atoms with Crippen molar-refractivity contribution in [1.82, 2.24) is 20.1 Å². The highest BCUT2D eigenvalue weighted by Crippen LogP contribution is 2.25. The van der Waals surface area contributed by atoms with Crippen molar-refractivity contribution < 1.29 is 9.53 Å². The first-order chi connectivity index (χ1) is 11.5. The van der Waals surface area contributed by atoms with Gasteiger partial charge in [-0.15, -0.1) is 0 Å². The molecule has 0 aliphatic carbocycles. The number of ether oxygens (including phenoxy) is 1. The van der Waals surface area contributed by atoms with E-state index in [0.29, 0.717) is 25.3 Å². The molecule has 3 rings (SSSR count). The molecule has 7 nitrogen and oxygen atoms in total. The molecule has 1 amide bonds. The molecule has 1 fully saturated rings. The Balaban J connectivity index is 1.80. The number of amides is 1. The van der Waals surface area contributed by atoms with E-state index in [1.165, 1.54) is 12.4 Å². The lowest BCUT2D eigenvalue weighted by molar-refractivity contribution is -0.0247. The molecule has 0 unspecified atom stereocenters. The molecule has 0 bridgehead atoms. The number of aryl methyl sites for hydroxylation is 1. The highest BCUT2D eigenvalue weighted by molar-refractivity contribution is 5.93. The smallest absolute Gasteiger partial charge is 0.255 e. The lowest BCUT2D eigenvalue weighted by Crippen LogP contribution is -2.42. The Morgan fingerprint density at radius 2 is 2.17 bits per heavy atom. The molecule has 2 aromatic rings. The summed E-state index contributed by atoms with van der Waals surface area (Å²) in [6, 6.07) is 5.71. The van der Waals surface area contributed by atoms with Crippen molar-refractivity contribution >= 4 is 11.6 Å². The van der Waals surface area contributed by atoms with Crippen LogP contribution in [0.25, 0.3) is 0 Å². The SMILES string of the molecule is Cc1cc(N(C)C)cc([C@H]2CN(C(=O)c3ccnnc3)CCO2)n1. The van der Waals surface area contributed by atoms with E-state index in [9.17, 15) is 4.79 Å². The third-order valence-electron chi connectivity index (χ3n) is 3.99. The maximum atomic E-state index is 12.6. The standard InChI is InChI=1S/C17H21N5O2/c1-12-8-14(21(2)3)9-15(20-12)16-11-22(6-7-24-16)17(23)13-4-5-18-19-10-13/h4-5,8-10,16H,6-7,11H2,1-3H3/t16-/m1/s1. The quantitative estimate of drug-likeness (QED) is 0.850. The highest BCUT2D eigenvalue weighted by atomic mass is 16.5. The summed E-state index contributed by atoms with van der Waals surface area (Å²) in [6.07, 6.45) is 2.79. The average molecular weight is 327 g/mol. The van der Waals surface area contributed by atoms with Crippen LogP contribution < -0.4 is 4.90 Å². The first kappa shape index (κ1) is 16.3. The van der Waals surface area contributed by atoms with E-state index in [4.69, 9.17) is 4.74 Å². The number of aromatic nitrogens is 3. The first-order valence-electron chi connectivity index (χ1n) is 7.88. The van der Waals surface area contributed by atoms with Crippen molar-refractivity contribution in [2.24, 2.45) is 0 Å². The number of pyridine rings is 1. The van der Waals surface area contributed by atoms with Crippen molar-refractivity contribution in [3.63, 3.8) is 0 Å². The molecule has 1 aliphatic heterocycles. The minimum Gasteiger partial charge on any atom is -0.378 e. The van der Waals surface area contributed by atoms with Crippen LogP contribution >= 0.6 is 0 Å². The van der Waals surface area contributed by atoms with E-state index in [0.717, 1.165) is 17.1 Å². The monoisotopic (exact) mass is 327 g/mol. The summed E-state index contributed by atoms with van der Waals surface area (Å²) >= 11 is 0. The zero-order chi connectivity index (χ0) is 17.1. The second kappa shape index (κ2) is 6.92. The minimum absolute atomic E-state index is 0.0568. The third-order valence-corrected chi connectivity index (χ3v) is 3.99. The Labute approximate surface area is 141 Å². The maximum absolute atomic E-state index is 12.6. The fraction of sp³-hybridized carbons (Fsp3) is 0.412. The van der Waals surface area contributed by atoms with Crippen LogP contribution in [0.2, 0.25) is 0 Å². The van der Waals surface area contributed by atoms with Crippen molar-refractivity contribution in [3.05, 3.63) is 47.5 Å². The molecule has 1 aliphatic rings. The molecule has 0 N–H and O–H groups in total. The van der Waals surface area contributed by atoms with Gasteiger partial charge in [0.25, 0.3) is 5.91 Å². The number of carbonyl (C=O) groups is 1. The Morgan fingerprint density at radius 3 is 2.88 bits per heavy atom. The van der Waals surface area contributed by atoms with Crippen LogP contribution in [0.3, 0.4) is 0 Å². The van der Waals surface area contributed by atoms with Gasteiger partial charge >= 0.3 is 0 Å². The summed E-state index contributed by atoms with van der Waals surface area (Å²) in [5.74, 6) is -0.0568. The summed E-state index contributed by atoms with van der Waals surface area (Å²) < 4.78 is 5.87. The fourth-order valence-electron chi connectivity index (χ4n) is 2.71. The lowest BCUT2D eigenvalue weighted by Gasteiger charge is -2.33. The fourth-order valence-corrected chi connectivity index (χ4v) is 2.71. The molecule has 1 atom stereocenters. The molecular weight excluding hydrogens is 306 g/mol. The van der Waals surface area contributed by atoms with E-state index in [-0.39, 0.29) is 12.0 Å². The van der Waals surface area contributed by atoms with Gasteiger partial charge in [0, 0.05) is 32.0 Å². The van der Waals surface area contributed by atoms with E-state index < -0.39 is 0 Å². The molecule has 1 saturated heterocycles. The van der Waals surface area contributed by atoms with E-state index in [2.05, 4.69) is 15.2 Å². The predicted molar refractivity (Wildman–Crippen MR) is 89.9 cm³/mol. The molecule has 7 heteroatoms. The van der Waals surface area contributed by atoms with Crippen LogP contribution in [-0.4, -0.2) is 59.8 Å². The minimum atomic E-state index is -0.226. The van der Waals surface area contributed by atoms with Gasteiger partial charge in [0.05, 0.1) is 36.8 Å². The zero-order valence-corrected chi connectivity index (χ0v) is 14.1. The Bertz CT molecular complexity index is 720. The van der Waals surface area contributed by atoms with E-state index >= 15 is 0 Å². The molecular formula is C17H21N5O2. The molecule has 126 valence electrons. The predicted octanol–water partition coefficient (Wildman–Crippen LogP) is 1.46. The molecule has 24 heavy (non-hydrogen) atoms. The number of anilines is 1. The van der Waals surface area contributed by atoms with Gasteiger partial charge < -0.3 is 14.5 Å². The summed E-state index contributed by atoms with van der Waals surface area (Å²) in [4.78, 5) is 21.0. The van der Waals surface area contributed by atoms with Crippen LogP contribution in [0.15, 0.2) is 30.6 Å². The van der Waals surface area contributed by atoms with Crippen molar-refractivity contribution in [2.75, 3.05) is 38.7 Å². The Kier molecular flexibility index (Phi) is 4.71. The summed E-state index contributed by atoms with van der Waals surface area (Å²) in [5, 5.41) is 7.49. The number of morpholine rings is 1. The second-order valence-corrected chi connectivity index (χ2v) is 6.03. The van der Waals surface area contributed by atoms with Gasteiger partial charge in [-0.2, -0.15) is 10.2 Å². The van der Waals surface area contributed by atoms with E-state index in [1.54, 1.807) is 11.0 Å². The normalized spacial score (nSPS) is 17.6. The van der Waals surface area contributed by atoms with Crippen LogP contribution in [0, 0.1) is 6.92 Å². The number of hydrogen-bond acceptors (Lipinski definition) is 6. The van der Waals surface area contributed by atoms with Gasteiger partial charge in [0.1, 0.15) is 6.10 Å². The number of carbonyl (C=O) groups excluding carboxylic acids is 1. The molecule has 0 spiro atoms. The van der Waals surface area contributed by atoms with E-state index in [1.807, 2.05) is 38.1 Å². The van der Waals surface area contributed by atoms with Gasteiger partial charge in [0.15, 0.2) is 0 Å². The van der Waals surface area contributed by atoms with Crippen molar-refractivity contribution in [1.29, 1.82) is 0 Å². The van der Waals surface area contributed by atoms with Crippen LogP contribution in [0.1, 0.15) is 27.8 Å². The summed E-state index contributed by atoms with van der Waals surface area (Å²) in [5.41, 5.74) is 3.39. The third kappa shape index (κ3) is 3.51. The van der Waals surface area contributed by atoms with Gasteiger partial charge in [-0.3, -0.25) is 9.78 Å². The topological polar surface area (TPSA) is 71.5 Å². The number of hydrogen-bond donors (Lipinski definition) is 0. The lowest BCUT2D eigenvalue weighted by atomic mass is 10.1. The Morgan fingerprint density at radius 1 is 1.33 bits per heavy atom. The van der Waals surface area contributed by atoms with Crippen molar-refractivity contribution in [2.45, 2.75) is 13.0 Å². The molecule has 2 aromatic heterocycles. The number of rotatable bonds is 3. The summed E-state index contributed by atoms with van der Waals surface area (Å²) in [7, 11) is 3.99. The number of nitrogens with zero attached hydrogens (tertiary/aromatic N) is 5. The zero-order valence-electron chi connectivity index (χ0n) is 14.1. The maximum Gasteiger partial charge on any atom is 0.255 e. The summed E-state index contributed by atoms with van der Waals surface area (Å²) in [6.45, 7) is 3.49. The highest BCUT2D eigenvalue weighted by Gasteiger charge is 2.27. The van der Waals surface area contributed by atoms with Crippen LogP contribution in [-0.2, 0) is 4.74 Å². The van der Waals surface area contributed by atoms with Crippen LogP contribution in [0.4, 0.5) is 5.69 Å².